The predicted octanol–water partition coefficient (Wildman–Crippen LogP) is 1.77. The average Bonchev–Trinajstić information content (AvgIpc) is 2.42. The van der Waals surface area contributed by atoms with Crippen LogP contribution in [-0.4, -0.2) is 19.3 Å². The molecule has 1 aromatic rings. The van der Waals surface area contributed by atoms with E-state index in [1.54, 1.807) is 6.07 Å². The number of nitriles is 1. The molecule has 4 nitrogen and oxygen atoms in total. The lowest BCUT2D eigenvalue weighted by Gasteiger charge is -2.22. The first-order valence-electron chi connectivity index (χ1n) is 6.00. The lowest BCUT2D eigenvalue weighted by atomic mass is 9.98. The second kappa shape index (κ2) is 5.37. The summed E-state index contributed by atoms with van der Waals surface area (Å²) in [6.07, 6.45) is 2.44. The molecule has 0 aliphatic carbocycles. The fourth-order valence-electron chi connectivity index (χ4n) is 2.09. The molecule has 4 heteroatoms. The number of allylic oxidation sites excluding steroid dienone is 1. The molecule has 0 aromatic heterocycles. The minimum Gasteiger partial charge on any atom is -0.371 e. The summed E-state index contributed by atoms with van der Waals surface area (Å²) in [5.74, 6) is 0.907. The van der Waals surface area contributed by atoms with Crippen molar-refractivity contribution in [3.63, 3.8) is 0 Å². The molecule has 0 radical (unpaired) electrons. The molecule has 1 aliphatic heterocycles. The van der Waals surface area contributed by atoms with Gasteiger partial charge in [0.15, 0.2) is 0 Å². The summed E-state index contributed by atoms with van der Waals surface area (Å²) in [4.78, 5) is 0. The Bertz CT molecular complexity index is 529. The molecule has 0 spiro atoms. The predicted molar refractivity (Wildman–Crippen MR) is 72.2 cm³/mol. The number of hydrogen-bond donors (Lipinski definition) is 3. The van der Waals surface area contributed by atoms with Crippen molar-refractivity contribution in [3.05, 3.63) is 40.7 Å². The van der Waals surface area contributed by atoms with E-state index in [9.17, 15) is 0 Å². The second-order valence-electron chi connectivity index (χ2n) is 4.28. The highest BCUT2D eigenvalue weighted by molar-refractivity contribution is 6.09. The van der Waals surface area contributed by atoms with Gasteiger partial charge in [0.1, 0.15) is 5.82 Å². The highest BCUT2D eigenvalue weighted by Gasteiger charge is 2.12. The topological polar surface area (TPSA) is 71.7 Å². The fourth-order valence-corrected chi connectivity index (χ4v) is 2.09. The quantitative estimate of drug-likeness (QED) is 0.690. The van der Waals surface area contributed by atoms with Gasteiger partial charge in [0.25, 0.3) is 0 Å². The van der Waals surface area contributed by atoms with Crippen LogP contribution in [0.4, 0.5) is 0 Å². The molecule has 0 amide bonds. The molecule has 1 aromatic carbocycles. The van der Waals surface area contributed by atoms with Gasteiger partial charge in [-0.15, -0.1) is 0 Å². The van der Waals surface area contributed by atoms with E-state index in [1.165, 1.54) is 6.21 Å². The molecule has 1 heterocycles. The monoisotopic (exact) mass is 240 g/mol. The smallest absolute Gasteiger partial charge is 0.108 e. The summed E-state index contributed by atoms with van der Waals surface area (Å²) in [6, 6.07) is 7.67. The van der Waals surface area contributed by atoms with Gasteiger partial charge >= 0.3 is 0 Å². The van der Waals surface area contributed by atoms with Crippen molar-refractivity contribution < 1.29 is 0 Å². The highest BCUT2D eigenvalue weighted by Crippen LogP contribution is 2.20. The van der Waals surface area contributed by atoms with Crippen LogP contribution >= 0.6 is 0 Å². The molecule has 0 atom stereocenters. The lowest BCUT2D eigenvalue weighted by molar-refractivity contribution is 0.576. The Hall–Kier alpha value is -2.28. The largest absolute Gasteiger partial charge is 0.371 e. The van der Waals surface area contributed by atoms with E-state index < -0.39 is 0 Å². The zero-order valence-corrected chi connectivity index (χ0v) is 10.4. The number of benzene rings is 1. The van der Waals surface area contributed by atoms with Gasteiger partial charge in [-0.05, 0) is 36.6 Å². The molecule has 0 unspecified atom stereocenters. The molecule has 0 bridgehead atoms. The number of hydrogen-bond acceptors (Lipinski definition) is 4. The van der Waals surface area contributed by atoms with Crippen LogP contribution in [0.3, 0.4) is 0 Å². The van der Waals surface area contributed by atoms with Crippen molar-refractivity contribution in [2.45, 2.75) is 13.3 Å². The van der Waals surface area contributed by atoms with Crippen LogP contribution < -0.4 is 10.6 Å². The summed E-state index contributed by atoms with van der Waals surface area (Å²) in [6.45, 7) is 3.81. The number of nitrogens with zero attached hydrogens (tertiary/aromatic N) is 1. The van der Waals surface area contributed by atoms with Crippen LogP contribution in [-0.2, 0) is 0 Å². The molecule has 0 saturated carbocycles. The van der Waals surface area contributed by atoms with E-state index in [1.807, 2.05) is 19.1 Å². The summed E-state index contributed by atoms with van der Waals surface area (Å²) in [5.41, 5.74) is 3.49. The van der Waals surface area contributed by atoms with E-state index in [0.29, 0.717) is 5.56 Å². The SMILES string of the molecule is Cc1cc(C#N)ccc1C(C=N)=C1NCCCN1. The standard InChI is InChI=1S/C14H16N4/c1-10-7-11(8-15)3-4-12(10)13(9-16)14-17-5-2-6-18-14/h3-4,7,9,16-18H,2,5-6H2,1H3. The molecule has 92 valence electrons. The van der Waals surface area contributed by atoms with Crippen LogP contribution in [0.15, 0.2) is 24.0 Å². The summed E-state index contributed by atoms with van der Waals surface area (Å²) < 4.78 is 0. The second-order valence-corrected chi connectivity index (χ2v) is 4.28. The molecule has 18 heavy (non-hydrogen) atoms. The number of nitrogens with one attached hydrogen (secondary N) is 3. The molecule has 1 aliphatic rings. The van der Waals surface area contributed by atoms with Crippen molar-refractivity contribution in [3.8, 4) is 6.07 Å². The van der Waals surface area contributed by atoms with E-state index in [2.05, 4.69) is 16.7 Å². The van der Waals surface area contributed by atoms with Crippen LogP contribution in [0.5, 0.6) is 0 Å². The lowest BCUT2D eigenvalue weighted by Crippen LogP contribution is -2.36. The third kappa shape index (κ3) is 2.35. The van der Waals surface area contributed by atoms with Gasteiger partial charge in [-0.2, -0.15) is 5.26 Å². The minimum atomic E-state index is 0.648. The maximum Gasteiger partial charge on any atom is 0.108 e. The first kappa shape index (κ1) is 12.2. The van der Waals surface area contributed by atoms with Crippen molar-refractivity contribution in [2.24, 2.45) is 0 Å². The van der Waals surface area contributed by atoms with Gasteiger partial charge in [0.05, 0.1) is 11.6 Å². The average molecular weight is 240 g/mol. The van der Waals surface area contributed by atoms with Gasteiger partial charge in [-0.25, -0.2) is 0 Å². The van der Waals surface area contributed by atoms with Gasteiger partial charge in [0.2, 0.25) is 0 Å². The van der Waals surface area contributed by atoms with Crippen molar-refractivity contribution >= 4 is 11.8 Å². The van der Waals surface area contributed by atoms with Crippen molar-refractivity contribution in [2.75, 3.05) is 13.1 Å². The van der Waals surface area contributed by atoms with Crippen molar-refractivity contribution in [1.29, 1.82) is 10.7 Å². The van der Waals surface area contributed by atoms with Crippen LogP contribution in [0.2, 0.25) is 0 Å². The zero-order chi connectivity index (χ0) is 13.0. The van der Waals surface area contributed by atoms with Crippen molar-refractivity contribution in [1.82, 2.24) is 10.6 Å². The van der Waals surface area contributed by atoms with E-state index in [0.717, 1.165) is 42.0 Å². The van der Waals surface area contributed by atoms with Gasteiger partial charge in [0, 0.05) is 24.9 Å². The normalized spacial score (nSPS) is 14.1. The summed E-state index contributed by atoms with van der Waals surface area (Å²) in [5, 5.41) is 23.0. The van der Waals surface area contributed by atoms with Crippen LogP contribution in [0, 0.1) is 23.7 Å². The van der Waals surface area contributed by atoms with Gasteiger partial charge in [-0.1, -0.05) is 6.07 Å². The zero-order valence-electron chi connectivity index (χ0n) is 10.4. The third-order valence-corrected chi connectivity index (χ3v) is 3.02. The Labute approximate surface area is 107 Å². The first-order chi connectivity index (χ1) is 8.76. The van der Waals surface area contributed by atoms with Crippen LogP contribution in [0.25, 0.3) is 5.57 Å². The number of rotatable bonds is 2. The van der Waals surface area contributed by atoms with Gasteiger partial charge in [-0.3, -0.25) is 0 Å². The Balaban J connectivity index is 2.45. The Kier molecular flexibility index (Phi) is 3.63. The fraction of sp³-hybridized carbons (Fsp3) is 0.286. The Morgan fingerprint density at radius 1 is 1.39 bits per heavy atom. The minimum absolute atomic E-state index is 0.648. The Morgan fingerprint density at radius 3 is 2.67 bits per heavy atom. The number of aryl methyl sites for hydroxylation is 1. The van der Waals surface area contributed by atoms with E-state index >= 15 is 0 Å². The maximum absolute atomic E-state index is 8.87. The molecule has 2 rings (SSSR count). The molecule has 1 fully saturated rings. The van der Waals surface area contributed by atoms with Gasteiger partial charge < -0.3 is 16.0 Å². The summed E-state index contributed by atoms with van der Waals surface area (Å²) >= 11 is 0. The highest BCUT2D eigenvalue weighted by atomic mass is 15.1. The Morgan fingerprint density at radius 2 is 2.11 bits per heavy atom. The molecular weight excluding hydrogens is 224 g/mol. The van der Waals surface area contributed by atoms with Crippen LogP contribution in [0.1, 0.15) is 23.1 Å². The molecule has 3 N–H and O–H groups in total. The van der Waals surface area contributed by atoms with E-state index in [4.69, 9.17) is 10.7 Å². The third-order valence-electron chi connectivity index (χ3n) is 3.02. The van der Waals surface area contributed by atoms with E-state index in [-0.39, 0.29) is 0 Å². The molecule has 1 saturated heterocycles. The first-order valence-corrected chi connectivity index (χ1v) is 6.00. The molecular formula is C14H16N4. The summed E-state index contributed by atoms with van der Waals surface area (Å²) in [7, 11) is 0. The maximum atomic E-state index is 8.87.